The van der Waals surface area contributed by atoms with Gasteiger partial charge in [-0.3, -0.25) is 0 Å². The van der Waals surface area contributed by atoms with Gasteiger partial charge in [0, 0.05) is 8.07 Å². The van der Waals surface area contributed by atoms with Crippen LogP contribution in [0.5, 0.6) is 0 Å². The molecule has 0 amide bonds. The fourth-order valence-electron chi connectivity index (χ4n) is 2.86. The van der Waals surface area contributed by atoms with Gasteiger partial charge in [0.15, 0.2) is 0 Å². The van der Waals surface area contributed by atoms with Crippen LogP contribution in [0.2, 0.25) is 36.7 Å². The van der Waals surface area contributed by atoms with Crippen molar-refractivity contribution in [3.05, 3.63) is 0 Å². The molecule has 0 N–H and O–H groups in total. The van der Waals surface area contributed by atoms with Gasteiger partial charge in [0.2, 0.25) is 0 Å². The molecule has 0 aromatic carbocycles. The summed E-state index contributed by atoms with van der Waals surface area (Å²) in [5, 5.41) is 0. The van der Waals surface area contributed by atoms with Gasteiger partial charge in [-0.2, -0.15) is 0 Å². The van der Waals surface area contributed by atoms with Gasteiger partial charge in [-0.1, -0.05) is 97.0 Å². The van der Waals surface area contributed by atoms with Crippen molar-refractivity contribution in [3.63, 3.8) is 0 Å². The van der Waals surface area contributed by atoms with E-state index >= 15 is 0 Å². The molecular formula is C15H35BSi. The van der Waals surface area contributed by atoms with E-state index < -0.39 is 8.07 Å². The highest BCUT2D eigenvalue weighted by atomic mass is 28.3. The third kappa shape index (κ3) is 4.81. The Kier molecular flexibility index (Phi) is 6.56. The molecule has 0 aliphatic heterocycles. The molecule has 0 nitrogen and oxygen atoms in total. The quantitative estimate of drug-likeness (QED) is 0.522. The molecule has 0 spiro atoms. The molecule has 0 bridgehead atoms. The van der Waals surface area contributed by atoms with E-state index in [9.17, 15) is 0 Å². The van der Waals surface area contributed by atoms with E-state index in [1.807, 2.05) is 0 Å². The van der Waals surface area contributed by atoms with E-state index in [1.54, 1.807) is 0 Å². The molecular weight excluding hydrogens is 219 g/mol. The van der Waals surface area contributed by atoms with E-state index in [0.717, 1.165) is 35.6 Å². The van der Waals surface area contributed by atoms with Crippen molar-refractivity contribution in [3.8, 4) is 0 Å². The molecule has 3 atom stereocenters. The fourth-order valence-corrected chi connectivity index (χ4v) is 4.62. The molecule has 0 saturated heterocycles. The van der Waals surface area contributed by atoms with Crippen LogP contribution in [0.1, 0.15) is 48.5 Å². The van der Waals surface area contributed by atoms with Crippen molar-refractivity contribution in [1.29, 1.82) is 0 Å². The third-order valence-corrected chi connectivity index (χ3v) is 8.38. The number of hydrogen-bond donors (Lipinski definition) is 0. The predicted octanol–water partition coefficient (Wildman–Crippen LogP) is 5.84. The minimum absolute atomic E-state index is 0.806. The summed E-state index contributed by atoms with van der Waals surface area (Å²) in [4.78, 5) is 0. The highest BCUT2D eigenvalue weighted by molar-refractivity contribution is 6.90. The second-order valence-electron chi connectivity index (χ2n) is 7.94. The molecule has 0 aliphatic rings. The van der Waals surface area contributed by atoms with Crippen LogP contribution in [0.3, 0.4) is 0 Å². The van der Waals surface area contributed by atoms with Crippen molar-refractivity contribution in [2.24, 2.45) is 11.8 Å². The first-order chi connectivity index (χ1) is 7.50. The molecule has 0 aromatic heterocycles. The van der Waals surface area contributed by atoms with Gasteiger partial charge in [0.25, 0.3) is 0 Å². The Morgan fingerprint density at radius 1 is 0.647 bits per heavy atom. The largest absolute Gasteiger partial charge is 0.146 e. The van der Waals surface area contributed by atoms with Crippen molar-refractivity contribution < 1.29 is 0 Å². The minimum Gasteiger partial charge on any atom is -0.0714 e. The summed E-state index contributed by atoms with van der Waals surface area (Å²) in [6.45, 7) is 25.5. The fraction of sp³-hybridized carbons (Fsp3) is 1.00. The Bertz CT molecular complexity index is 203. The molecule has 0 aliphatic carbocycles. The highest BCUT2D eigenvalue weighted by Crippen LogP contribution is 2.42. The van der Waals surface area contributed by atoms with Crippen LogP contribution in [0.25, 0.3) is 0 Å². The zero-order valence-electron chi connectivity index (χ0n) is 14.0. The van der Waals surface area contributed by atoms with E-state index in [-0.39, 0.29) is 0 Å². The molecule has 0 rings (SSSR count). The number of rotatable bonds is 6. The van der Waals surface area contributed by atoms with Crippen molar-refractivity contribution >= 4 is 14.8 Å². The Hall–Kier alpha value is 0.282. The lowest BCUT2D eigenvalue weighted by molar-refractivity contribution is 0.557. The second kappa shape index (κ2) is 6.45. The van der Waals surface area contributed by atoms with Crippen molar-refractivity contribution in [2.45, 2.75) is 85.2 Å². The highest BCUT2D eigenvalue weighted by Gasteiger charge is 2.40. The maximum atomic E-state index is 2.53. The van der Waals surface area contributed by atoms with Crippen LogP contribution in [0, 0.1) is 11.8 Å². The minimum atomic E-state index is -1.04. The first-order valence-corrected chi connectivity index (χ1v) is 11.1. The van der Waals surface area contributed by atoms with Crippen LogP contribution in [0.15, 0.2) is 0 Å². The lowest BCUT2D eigenvalue weighted by atomic mass is 9.29. The van der Waals surface area contributed by atoms with Crippen LogP contribution in [-0.2, 0) is 0 Å². The summed E-state index contributed by atoms with van der Waals surface area (Å²) in [6.07, 6.45) is 0. The van der Waals surface area contributed by atoms with Crippen molar-refractivity contribution in [1.82, 2.24) is 0 Å². The summed E-state index contributed by atoms with van der Waals surface area (Å²) in [7, 11) is -1.04. The molecule has 102 valence electrons. The maximum Gasteiger partial charge on any atom is 0.146 e. The van der Waals surface area contributed by atoms with Crippen LogP contribution in [-0.4, -0.2) is 14.8 Å². The molecule has 17 heavy (non-hydrogen) atoms. The van der Waals surface area contributed by atoms with Gasteiger partial charge in [-0.25, -0.2) is 0 Å². The summed E-state index contributed by atoms with van der Waals surface area (Å²) >= 11 is 0. The maximum absolute atomic E-state index is 2.53. The summed E-state index contributed by atoms with van der Waals surface area (Å²) in [6, 6.07) is 0. The topological polar surface area (TPSA) is 0 Å². The third-order valence-electron chi connectivity index (χ3n) is 5.26. The van der Waals surface area contributed by atoms with Gasteiger partial charge in [0.1, 0.15) is 6.71 Å². The van der Waals surface area contributed by atoms with Gasteiger partial charge < -0.3 is 0 Å². The molecule has 0 saturated carbocycles. The SMILES string of the molecule is CC(C)C(C)B(C(C)C(C)C)C(C)[Si](C)(C)C. The zero-order chi connectivity index (χ0) is 14.0. The smallest absolute Gasteiger partial charge is 0.0714 e. The first-order valence-electron chi connectivity index (χ1n) is 7.50. The van der Waals surface area contributed by atoms with E-state index in [4.69, 9.17) is 0 Å². The van der Waals surface area contributed by atoms with Gasteiger partial charge >= 0.3 is 0 Å². The van der Waals surface area contributed by atoms with Crippen LogP contribution < -0.4 is 0 Å². The normalized spacial score (nSPS) is 18.4. The Balaban J connectivity index is 5.11. The average Bonchev–Trinajstić information content (AvgIpc) is 2.15. The monoisotopic (exact) mass is 254 g/mol. The van der Waals surface area contributed by atoms with Gasteiger partial charge in [0.05, 0.1) is 0 Å². The Morgan fingerprint density at radius 2 is 0.941 bits per heavy atom. The summed E-state index contributed by atoms with van der Waals surface area (Å²) in [5.74, 6) is 3.29. The molecule has 0 radical (unpaired) electrons. The van der Waals surface area contributed by atoms with Crippen LogP contribution >= 0.6 is 0 Å². The lowest BCUT2D eigenvalue weighted by Gasteiger charge is -2.41. The molecule has 3 unspecified atom stereocenters. The standard InChI is InChI=1S/C15H35BSi/c1-11(2)13(5)16(14(6)12(3)4)15(7)17(8,9)10/h11-15H,1-10H3. The Labute approximate surface area is 112 Å². The van der Waals surface area contributed by atoms with Crippen molar-refractivity contribution in [2.75, 3.05) is 0 Å². The molecule has 0 fully saturated rings. The molecule has 0 heterocycles. The summed E-state index contributed by atoms with van der Waals surface area (Å²) in [5.41, 5.74) is 0.914. The van der Waals surface area contributed by atoms with Crippen LogP contribution in [0.4, 0.5) is 0 Å². The van der Waals surface area contributed by atoms with E-state index in [1.165, 1.54) is 0 Å². The predicted molar refractivity (Wildman–Crippen MR) is 87.0 cm³/mol. The summed E-state index contributed by atoms with van der Waals surface area (Å²) < 4.78 is 0. The zero-order valence-corrected chi connectivity index (χ0v) is 15.0. The van der Waals surface area contributed by atoms with E-state index in [0.29, 0.717) is 0 Å². The lowest BCUT2D eigenvalue weighted by Crippen LogP contribution is -2.43. The van der Waals surface area contributed by atoms with E-state index in [2.05, 4.69) is 68.1 Å². The number of hydrogen-bond acceptors (Lipinski definition) is 0. The van der Waals surface area contributed by atoms with Gasteiger partial charge in [-0.15, -0.1) is 0 Å². The molecule has 2 heteroatoms. The Morgan fingerprint density at radius 3 is 1.12 bits per heavy atom. The first kappa shape index (κ1) is 17.3. The second-order valence-corrected chi connectivity index (χ2v) is 13.6. The molecule has 0 aromatic rings. The average molecular weight is 254 g/mol. The van der Waals surface area contributed by atoms with Gasteiger partial charge in [-0.05, 0) is 0 Å².